The first kappa shape index (κ1) is 8.76. The highest BCUT2D eigenvalue weighted by atomic mass is 16.6. The summed E-state index contributed by atoms with van der Waals surface area (Å²) >= 11 is 0. The van der Waals surface area contributed by atoms with E-state index in [-0.39, 0.29) is 5.92 Å². The maximum atomic E-state index is 10.1. The van der Waals surface area contributed by atoms with Crippen molar-refractivity contribution in [3.05, 3.63) is 0 Å². The monoisotopic (exact) mass is 142 g/mol. The van der Waals surface area contributed by atoms with Gasteiger partial charge >= 0.3 is 6.09 Å². The molecule has 0 aromatic heterocycles. The van der Waals surface area contributed by atoms with Gasteiger partial charge in [-0.1, -0.05) is 13.8 Å². The van der Waals surface area contributed by atoms with E-state index in [0.29, 0.717) is 0 Å². The van der Waals surface area contributed by atoms with Gasteiger partial charge in [0.25, 0.3) is 0 Å². The Morgan fingerprint density at radius 3 is 2.30 bits per heavy atom. The number of carbonyl (C=O) groups excluding carboxylic acids is 1. The second kappa shape index (κ2) is 3.72. The van der Waals surface area contributed by atoms with E-state index >= 15 is 0 Å². The molecule has 0 radical (unpaired) electrons. The lowest BCUT2D eigenvalue weighted by atomic mass is 10.1. The van der Waals surface area contributed by atoms with Crippen LogP contribution in [0, 0.1) is 17.2 Å². The van der Waals surface area contributed by atoms with Gasteiger partial charge in [0, 0.05) is 5.92 Å². The van der Waals surface area contributed by atoms with Gasteiger partial charge in [-0.2, -0.15) is 5.26 Å². The van der Waals surface area contributed by atoms with Gasteiger partial charge in [-0.15, -0.1) is 0 Å². The average molecular weight is 142 g/mol. The lowest BCUT2D eigenvalue weighted by Crippen LogP contribution is -2.25. The van der Waals surface area contributed by atoms with Gasteiger partial charge in [-0.3, -0.25) is 0 Å². The Hall–Kier alpha value is -1.24. The van der Waals surface area contributed by atoms with E-state index in [1.54, 1.807) is 13.8 Å². The first-order valence-corrected chi connectivity index (χ1v) is 2.93. The standard InChI is InChI=1S/C6H10N2O2/c1-4(2)5(3-7)10-6(8)9/h4-5H,1-2H3,(H2,8,9). The molecule has 0 aliphatic carbocycles. The summed E-state index contributed by atoms with van der Waals surface area (Å²) in [6, 6.07) is 1.81. The SMILES string of the molecule is CC(C)C(C#N)OC(N)=O. The lowest BCUT2D eigenvalue weighted by molar-refractivity contribution is 0.110. The van der Waals surface area contributed by atoms with Crippen molar-refractivity contribution in [2.75, 3.05) is 0 Å². The van der Waals surface area contributed by atoms with E-state index in [4.69, 9.17) is 11.0 Å². The summed E-state index contributed by atoms with van der Waals surface area (Å²) in [7, 11) is 0. The molecule has 1 atom stereocenters. The van der Waals surface area contributed by atoms with Gasteiger partial charge in [0.2, 0.25) is 0 Å². The van der Waals surface area contributed by atoms with Crippen LogP contribution in [0.5, 0.6) is 0 Å². The molecule has 1 unspecified atom stereocenters. The molecule has 0 aliphatic rings. The van der Waals surface area contributed by atoms with Crippen molar-refractivity contribution in [1.29, 1.82) is 5.26 Å². The van der Waals surface area contributed by atoms with Crippen LogP contribution < -0.4 is 5.73 Å². The van der Waals surface area contributed by atoms with Crippen molar-refractivity contribution in [2.24, 2.45) is 11.7 Å². The van der Waals surface area contributed by atoms with Crippen LogP contribution in [0.1, 0.15) is 13.8 Å². The molecule has 0 saturated carbocycles. The maximum Gasteiger partial charge on any atom is 0.405 e. The van der Waals surface area contributed by atoms with Crippen molar-refractivity contribution in [3.63, 3.8) is 0 Å². The summed E-state index contributed by atoms with van der Waals surface area (Å²) in [5, 5.41) is 8.36. The summed E-state index contributed by atoms with van der Waals surface area (Å²) in [4.78, 5) is 10.1. The summed E-state index contributed by atoms with van der Waals surface area (Å²) in [6.45, 7) is 3.55. The number of ether oxygens (including phenoxy) is 1. The van der Waals surface area contributed by atoms with Gasteiger partial charge in [0.1, 0.15) is 6.07 Å². The van der Waals surface area contributed by atoms with Crippen molar-refractivity contribution >= 4 is 6.09 Å². The summed E-state index contributed by atoms with van der Waals surface area (Å²) in [5.41, 5.74) is 4.69. The first-order chi connectivity index (χ1) is 4.57. The van der Waals surface area contributed by atoms with Crippen molar-refractivity contribution in [2.45, 2.75) is 20.0 Å². The van der Waals surface area contributed by atoms with Crippen molar-refractivity contribution in [1.82, 2.24) is 0 Å². The van der Waals surface area contributed by atoms with Crippen LogP contribution in [0.15, 0.2) is 0 Å². The molecule has 4 nitrogen and oxygen atoms in total. The third kappa shape index (κ3) is 2.92. The second-order valence-electron chi connectivity index (χ2n) is 2.23. The highest BCUT2D eigenvalue weighted by Gasteiger charge is 2.14. The molecule has 0 aromatic carbocycles. The van der Waals surface area contributed by atoms with Gasteiger partial charge in [0.15, 0.2) is 6.10 Å². The van der Waals surface area contributed by atoms with E-state index in [2.05, 4.69) is 4.74 Å². The molecular formula is C6H10N2O2. The fraction of sp³-hybridized carbons (Fsp3) is 0.667. The Balaban J connectivity index is 3.87. The number of carbonyl (C=O) groups is 1. The van der Waals surface area contributed by atoms with Crippen LogP contribution in [0.3, 0.4) is 0 Å². The van der Waals surface area contributed by atoms with E-state index in [1.165, 1.54) is 0 Å². The average Bonchev–Trinajstić information content (AvgIpc) is 1.81. The van der Waals surface area contributed by atoms with Gasteiger partial charge in [-0.05, 0) is 0 Å². The number of rotatable bonds is 2. The van der Waals surface area contributed by atoms with Crippen molar-refractivity contribution < 1.29 is 9.53 Å². The minimum absolute atomic E-state index is 0.0162. The lowest BCUT2D eigenvalue weighted by Gasteiger charge is -2.11. The Labute approximate surface area is 59.6 Å². The molecule has 0 saturated heterocycles. The fourth-order valence-electron chi connectivity index (χ4n) is 0.437. The highest BCUT2D eigenvalue weighted by molar-refractivity contribution is 5.65. The molecule has 0 fully saturated rings. The minimum Gasteiger partial charge on any atom is -0.431 e. The van der Waals surface area contributed by atoms with Crippen LogP contribution in [-0.4, -0.2) is 12.2 Å². The van der Waals surface area contributed by atoms with E-state index in [9.17, 15) is 4.79 Å². The Kier molecular flexibility index (Phi) is 3.26. The van der Waals surface area contributed by atoms with Gasteiger partial charge < -0.3 is 10.5 Å². The van der Waals surface area contributed by atoms with Crippen LogP contribution in [0.4, 0.5) is 4.79 Å². The number of hydrogen-bond acceptors (Lipinski definition) is 3. The van der Waals surface area contributed by atoms with Gasteiger partial charge in [-0.25, -0.2) is 4.79 Å². The molecule has 56 valence electrons. The Morgan fingerprint density at radius 2 is 2.20 bits per heavy atom. The quantitative estimate of drug-likeness (QED) is 0.614. The van der Waals surface area contributed by atoms with E-state index in [1.807, 2.05) is 6.07 Å². The summed E-state index contributed by atoms with van der Waals surface area (Å²) in [6.07, 6.45) is -1.63. The highest BCUT2D eigenvalue weighted by Crippen LogP contribution is 2.03. The number of hydrogen-bond donors (Lipinski definition) is 1. The molecule has 0 aliphatic heterocycles. The molecule has 0 rings (SSSR count). The normalized spacial score (nSPS) is 12.2. The largest absolute Gasteiger partial charge is 0.431 e. The molecule has 0 heterocycles. The van der Waals surface area contributed by atoms with Crippen LogP contribution in [0.25, 0.3) is 0 Å². The predicted octanol–water partition coefficient (Wildman–Crippen LogP) is 0.630. The number of nitriles is 1. The summed E-state index contributed by atoms with van der Waals surface area (Å²) in [5.74, 6) is -0.0162. The van der Waals surface area contributed by atoms with Crippen LogP contribution in [0.2, 0.25) is 0 Å². The zero-order valence-electron chi connectivity index (χ0n) is 6.00. The molecule has 4 heteroatoms. The number of amides is 1. The third-order valence-corrected chi connectivity index (χ3v) is 0.976. The maximum absolute atomic E-state index is 10.1. The first-order valence-electron chi connectivity index (χ1n) is 2.93. The van der Waals surface area contributed by atoms with Gasteiger partial charge in [0.05, 0.1) is 0 Å². The zero-order valence-corrected chi connectivity index (χ0v) is 6.00. The second-order valence-corrected chi connectivity index (χ2v) is 2.23. The number of nitrogens with two attached hydrogens (primary N) is 1. The smallest absolute Gasteiger partial charge is 0.405 e. The fourth-order valence-corrected chi connectivity index (χ4v) is 0.437. The third-order valence-electron chi connectivity index (χ3n) is 0.976. The van der Waals surface area contributed by atoms with Crippen molar-refractivity contribution in [3.8, 4) is 6.07 Å². The molecule has 10 heavy (non-hydrogen) atoms. The Morgan fingerprint density at radius 1 is 1.70 bits per heavy atom. The minimum atomic E-state index is -0.903. The van der Waals surface area contributed by atoms with E-state index < -0.39 is 12.2 Å². The van der Waals surface area contributed by atoms with Crippen LogP contribution in [-0.2, 0) is 4.74 Å². The summed E-state index contributed by atoms with van der Waals surface area (Å²) < 4.78 is 4.44. The van der Waals surface area contributed by atoms with E-state index in [0.717, 1.165) is 0 Å². The Bertz CT molecular complexity index is 160. The predicted molar refractivity (Wildman–Crippen MR) is 34.9 cm³/mol. The molecule has 0 bridgehead atoms. The number of nitrogens with zero attached hydrogens (tertiary/aromatic N) is 1. The molecule has 0 aromatic rings. The zero-order chi connectivity index (χ0) is 8.15. The topological polar surface area (TPSA) is 76.1 Å². The molecule has 1 amide bonds. The number of primary amides is 1. The molecule has 2 N–H and O–H groups in total. The van der Waals surface area contributed by atoms with Crippen LogP contribution >= 0.6 is 0 Å². The molecular weight excluding hydrogens is 132 g/mol. The molecule has 0 spiro atoms.